The van der Waals surface area contributed by atoms with E-state index in [0.717, 1.165) is 25.9 Å². The number of hydrogen-bond acceptors (Lipinski definition) is 2. The normalized spacial score (nSPS) is 19.3. The first-order valence-corrected chi connectivity index (χ1v) is 6.55. The van der Waals surface area contributed by atoms with Gasteiger partial charge in [-0.25, -0.2) is 4.79 Å². The van der Waals surface area contributed by atoms with E-state index in [1.165, 1.54) is 0 Å². The maximum atomic E-state index is 12.1. The predicted octanol–water partition coefficient (Wildman–Crippen LogP) is 2.56. The molecule has 1 fully saturated rings. The number of anilines is 1. The summed E-state index contributed by atoms with van der Waals surface area (Å²) in [5, 5.41) is 6.69. The zero-order valence-corrected chi connectivity index (χ0v) is 11.2. The molecule has 1 aromatic carbocycles. The summed E-state index contributed by atoms with van der Waals surface area (Å²) < 4.78 is 0. The molecule has 1 saturated heterocycles. The van der Waals surface area contributed by atoms with E-state index in [4.69, 9.17) is 11.6 Å². The molecule has 1 heterocycles. The first-order valence-electron chi connectivity index (χ1n) is 6.17. The van der Waals surface area contributed by atoms with Crippen LogP contribution >= 0.6 is 11.6 Å². The molecule has 2 rings (SSSR count). The molecule has 2 amide bonds. The van der Waals surface area contributed by atoms with Crippen LogP contribution in [0.2, 0.25) is 5.02 Å². The zero-order chi connectivity index (χ0) is 13.0. The number of hydrogen-bond donors (Lipinski definition) is 2. The van der Waals surface area contributed by atoms with Crippen molar-refractivity contribution < 1.29 is 4.79 Å². The number of nitrogens with one attached hydrogen (secondary N) is 2. The fraction of sp³-hybridized carbons (Fsp3) is 0.462. The molecule has 18 heavy (non-hydrogen) atoms. The summed E-state index contributed by atoms with van der Waals surface area (Å²) >= 11 is 6.01. The standard InChI is InChI=1S/C13H18ClN3O/c1-17(10-5-4-8-15-9-10)13(18)16-12-7-3-2-6-11(12)14/h2-3,6-7,10,15H,4-5,8-9H2,1H3,(H,16,18). The van der Waals surface area contributed by atoms with Crippen molar-refractivity contribution in [2.45, 2.75) is 18.9 Å². The molecule has 0 radical (unpaired) electrons. The van der Waals surface area contributed by atoms with E-state index < -0.39 is 0 Å². The van der Waals surface area contributed by atoms with Crippen molar-refractivity contribution in [3.8, 4) is 0 Å². The van der Waals surface area contributed by atoms with E-state index in [1.807, 2.05) is 19.2 Å². The van der Waals surface area contributed by atoms with Crippen LogP contribution in [0.1, 0.15) is 12.8 Å². The number of rotatable bonds is 2. The van der Waals surface area contributed by atoms with Crippen molar-refractivity contribution in [3.63, 3.8) is 0 Å². The van der Waals surface area contributed by atoms with Gasteiger partial charge in [0, 0.05) is 19.6 Å². The Morgan fingerprint density at radius 2 is 2.28 bits per heavy atom. The van der Waals surface area contributed by atoms with E-state index >= 15 is 0 Å². The molecule has 5 heteroatoms. The lowest BCUT2D eigenvalue weighted by molar-refractivity contribution is 0.191. The van der Waals surface area contributed by atoms with E-state index in [-0.39, 0.29) is 12.1 Å². The smallest absolute Gasteiger partial charge is 0.321 e. The van der Waals surface area contributed by atoms with Crippen LogP contribution in [0.4, 0.5) is 10.5 Å². The summed E-state index contributed by atoms with van der Waals surface area (Å²) in [6.45, 7) is 1.89. The minimum absolute atomic E-state index is 0.114. The molecule has 0 aliphatic carbocycles. The second-order valence-electron chi connectivity index (χ2n) is 4.52. The van der Waals surface area contributed by atoms with Crippen LogP contribution in [-0.2, 0) is 0 Å². The highest BCUT2D eigenvalue weighted by atomic mass is 35.5. The van der Waals surface area contributed by atoms with Crippen molar-refractivity contribution >= 4 is 23.3 Å². The van der Waals surface area contributed by atoms with Gasteiger partial charge in [0.25, 0.3) is 0 Å². The molecule has 1 atom stereocenters. The molecular formula is C13H18ClN3O. The van der Waals surface area contributed by atoms with Gasteiger partial charge < -0.3 is 15.5 Å². The summed E-state index contributed by atoms with van der Waals surface area (Å²) in [7, 11) is 1.82. The van der Waals surface area contributed by atoms with Crippen LogP contribution in [0, 0.1) is 0 Å². The van der Waals surface area contributed by atoms with Crippen LogP contribution in [0.3, 0.4) is 0 Å². The Labute approximate surface area is 112 Å². The highest BCUT2D eigenvalue weighted by molar-refractivity contribution is 6.33. The van der Waals surface area contributed by atoms with Gasteiger partial charge in [-0.15, -0.1) is 0 Å². The number of urea groups is 1. The molecule has 1 aliphatic rings. The highest BCUT2D eigenvalue weighted by Gasteiger charge is 2.22. The average molecular weight is 268 g/mol. The Bertz CT molecular complexity index is 418. The van der Waals surface area contributed by atoms with Crippen LogP contribution in [0.15, 0.2) is 24.3 Å². The van der Waals surface area contributed by atoms with Crippen molar-refractivity contribution in [1.82, 2.24) is 10.2 Å². The number of para-hydroxylation sites is 1. The third kappa shape index (κ3) is 3.15. The van der Waals surface area contributed by atoms with Crippen molar-refractivity contribution in [2.24, 2.45) is 0 Å². The minimum Gasteiger partial charge on any atom is -0.323 e. The highest BCUT2D eigenvalue weighted by Crippen LogP contribution is 2.21. The third-order valence-corrected chi connectivity index (χ3v) is 3.58. The number of nitrogens with zero attached hydrogens (tertiary/aromatic N) is 1. The number of carbonyl (C=O) groups is 1. The Morgan fingerprint density at radius 1 is 1.50 bits per heavy atom. The molecule has 1 unspecified atom stereocenters. The topological polar surface area (TPSA) is 44.4 Å². The van der Waals surface area contributed by atoms with Gasteiger partial charge in [0.2, 0.25) is 0 Å². The maximum Gasteiger partial charge on any atom is 0.321 e. The fourth-order valence-electron chi connectivity index (χ4n) is 2.10. The largest absolute Gasteiger partial charge is 0.323 e. The summed E-state index contributed by atoms with van der Waals surface area (Å²) in [5.74, 6) is 0. The number of likely N-dealkylation sites (N-methyl/N-ethyl adjacent to an activating group) is 1. The predicted molar refractivity (Wildman–Crippen MR) is 74.1 cm³/mol. The zero-order valence-electron chi connectivity index (χ0n) is 10.4. The minimum atomic E-state index is -0.114. The maximum absolute atomic E-state index is 12.1. The summed E-state index contributed by atoms with van der Waals surface area (Å²) in [6.07, 6.45) is 2.15. The molecule has 1 aliphatic heterocycles. The van der Waals surface area contributed by atoms with E-state index in [1.54, 1.807) is 17.0 Å². The quantitative estimate of drug-likeness (QED) is 0.865. The number of benzene rings is 1. The van der Waals surface area contributed by atoms with Crippen LogP contribution in [-0.4, -0.2) is 37.1 Å². The van der Waals surface area contributed by atoms with E-state index in [9.17, 15) is 4.79 Å². The van der Waals surface area contributed by atoms with Gasteiger partial charge in [-0.05, 0) is 31.5 Å². The Hall–Kier alpha value is -1.26. The van der Waals surface area contributed by atoms with Gasteiger partial charge in [-0.3, -0.25) is 0 Å². The second-order valence-corrected chi connectivity index (χ2v) is 4.93. The summed E-state index contributed by atoms with van der Waals surface area (Å²) in [6, 6.07) is 7.39. The first kappa shape index (κ1) is 13.2. The van der Waals surface area contributed by atoms with Gasteiger partial charge in [0.15, 0.2) is 0 Å². The van der Waals surface area contributed by atoms with Crippen LogP contribution < -0.4 is 10.6 Å². The summed E-state index contributed by atoms with van der Waals surface area (Å²) in [5.41, 5.74) is 0.653. The van der Waals surface area contributed by atoms with E-state index in [2.05, 4.69) is 10.6 Å². The van der Waals surface area contributed by atoms with Crippen LogP contribution in [0.5, 0.6) is 0 Å². The Morgan fingerprint density at radius 3 is 2.94 bits per heavy atom. The fourth-order valence-corrected chi connectivity index (χ4v) is 2.28. The van der Waals surface area contributed by atoms with Gasteiger partial charge in [0.05, 0.1) is 10.7 Å². The van der Waals surface area contributed by atoms with Crippen molar-refractivity contribution in [1.29, 1.82) is 0 Å². The first-order chi connectivity index (χ1) is 8.68. The number of halogens is 1. The van der Waals surface area contributed by atoms with Gasteiger partial charge >= 0.3 is 6.03 Å². The summed E-state index contributed by atoms with van der Waals surface area (Å²) in [4.78, 5) is 13.8. The second kappa shape index (κ2) is 6.07. The Kier molecular flexibility index (Phi) is 4.44. The molecule has 0 bridgehead atoms. The lowest BCUT2D eigenvalue weighted by Crippen LogP contribution is -2.48. The lowest BCUT2D eigenvalue weighted by atomic mass is 10.1. The molecule has 0 saturated carbocycles. The number of carbonyl (C=O) groups excluding carboxylic acids is 1. The van der Waals surface area contributed by atoms with Crippen LogP contribution in [0.25, 0.3) is 0 Å². The molecular weight excluding hydrogens is 250 g/mol. The van der Waals surface area contributed by atoms with E-state index in [0.29, 0.717) is 10.7 Å². The average Bonchev–Trinajstić information content (AvgIpc) is 2.41. The number of amides is 2. The number of piperidine rings is 1. The van der Waals surface area contributed by atoms with Gasteiger partial charge in [0.1, 0.15) is 0 Å². The SMILES string of the molecule is CN(C(=O)Nc1ccccc1Cl)C1CCCNC1. The molecule has 2 N–H and O–H groups in total. The molecule has 4 nitrogen and oxygen atoms in total. The Balaban J connectivity index is 1.97. The monoisotopic (exact) mass is 267 g/mol. The molecule has 98 valence electrons. The third-order valence-electron chi connectivity index (χ3n) is 3.25. The van der Waals surface area contributed by atoms with Crippen molar-refractivity contribution in [2.75, 3.05) is 25.5 Å². The molecule has 0 aromatic heterocycles. The molecule has 1 aromatic rings. The van der Waals surface area contributed by atoms with Gasteiger partial charge in [-0.2, -0.15) is 0 Å². The van der Waals surface area contributed by atoms with Gasteiger partial charge in [-0.1, -0.05) is 23.7 Å². The van der Waals surface area contributed by atoms with Crippen molar-refractivity contribution in [3.05, 3.63) is 29.3 Å². The lowest BCUT2D eigenvalue weighted by Gasteiger charge is -2.31. The molecule has 0 spiro atoms.